The van der Waals surface area contributed by atoms with Crippen LogP contribution in [0.1, 0.15) is 69.2 Å². The Labute approximate surface area is 174 Å². The van der Waals surface area contributed by atoms with E-state index in [1.165, 1.54) is 29.6 Å². The molecule has 0 aromatic heterocycles. The number of benzene rings is 1. The molecule has 2 aliphatic rings. The molecule has 3 rings (SSSR count). The molecule has 1 heterocycles. The van der Waals surface area contributed by atoms with Crippen molar-refractivity contribution < 1.29 is 18.0 Å². The van der Waals surface area contributed by atoms with Gasteiger partial charge in [-0.15, -0.1) is 0 Å². The fourth-order valence-corrected chi connectivity index (χ4v) is 6.21. The lowest BCUT2D eigenvalue weighted by Gasteiger charge is -2.31. The monoisotopic (exact) mass is 420 g/mol. The van der Waals surface area contributed by atoms with E-state index in [-0.39, 0.29) is 41.0 Å². The van der Waals surface area contributed by atoms with E-state index in [4.69, 9.17) is 0 Å². The normalized spacial score (nSPS) is 21.4. The second-order valence-corrected chi connectivity index (χ2v) is 10.5. The molecule has 0 unspecified atom stereocenters. The van der Waals surface area contributed by atoms with Crippen LogP contribution in [-0.4, -0.2) is 43.5 Å². The summed E-state index contributed by atoms with van der Waals surface area (Å²) in [7, 11) is -3.93. The highest BCUT2D eigenvalue weighted by atomic mass is 32.2. The largest absolute Gasteiger partial charge is 0.354 e. The maximum Gasteiger partial charge on any atom is 0.244 e. The lowest BCUT2D eigenvalue weighted by molar-refractivity contribution is -0.125. The maximum atomic E-state index is 13.4. The molecule has 1 saturated carbocycles. The Morgan fingerprint density at radius 2 is 1.86 bits per heavy atom. The summed E-state index contributed by atoms with van der Waals surface area (Å²) in [6, 6.07) is 5.51. The molecule has 1 aliphatic carbocycles. The summed E-state index contributed by atoms with van der Waals surface area (Å²) >= 11 is 0. The van der Waals surface area contributed by atoms with Gasteiger partial charge in [-0.05, 0) is 37.2 Å². The summed E-state index contributed by atoms with van der Waals surface area (Å²) in [5.41, 5.74) is 0.223. The second-order valence-electron chi connectivity index (χ2n) is 8.68. The quantitative estimate of drug-likeness (QED) is 0.765. The summed E-state index contributed by atoms with van der Waals surface area (Å²) in [4.78, 5) is 25.6. The highest BCUT2D eigenvalue weighted by molar-refractivity contribution is 7.89. The Morgan fingerprint density at radius 1 is 1.17 bits per heavy atom. The number of fused-ring (bicyclic) bond motifs is 1. The van der Waals surface area contributed by atoms with Gasteiger partial charge >= 0.3 is 0 Å². The fourth-order valence-electron chi connectivity index (χ4n) is 4.39. The molecule has 29 heavy (non-hydrogen) atoms. The van der Waals surface area contributed by atoms with Crippen LogP contribution in [0.3, 0.4) is 0 Å². The summed E-state index contributed by atoms with van der Waals surface area (Å²) < 4.78 is 28.1. The molecule has 0 saturated heterocycles. The van der Waals surface area contributed by atoms with Crippen molar-refractivity contribution in [3.05, 3.63) is 29.8 Å². The molecule has 1 amide bonds. The van der Waals surface area contributed by atoms with Crippen LogP contribution in [0, 0.1) is 11.8 Å². The number of amides is 1. The highest BCUT2D eigenvalue weighted by Crippen LogP contribution is 2.29. The molecule has 0 bridgehead atoms. The van der Waals surface area contributed by atoms with Crippen molar-refractivity contribution in [2.24, 2.45) is 11.8 Å². The molecule has 1 fully saturated rings. The minimum absolute atomic E-state index is 0.0105. The Kier molecular flexibility index (Phi) is 7.11. The third-order valence-corrected chi connectivity index (χ3v) is 7.93. The Morgan fingerprint density at radius 3 is 2.55 bits per heavy atom. The van der Waals surface area contributed by atoms with E-state index in [0.29, 0.717) is 18.9 Å². The van der Waals surface area contributed by atoms with Crippen molar-refractivity contribution in [3.63, 3.8) is 0 Å². The van der Waals surface area contributed by atoms with Gasteiger partial charge in [-0.1, -0.05) is 51.3 Å². The first-order valence-electron chi connectivity index (χ1n) is 10.7. The molecule has 160 valence electrons. The number of Topliss-reactive ketones (excluding diaryl/α,β-unsaturated/α-hetero) is 1. The highest BCUT2D eigenvalue weighted by Gasteiger charge is 2.40. The molecular weight excluding hydrogens is 388 g/mol. The Balaban J connectivity index is 1.85. The topological polar surface area (TPSA) is 83.6 Å². The van der Waals surface area contributed by atoms with Gasteiger partial charge in [0.25, 0.3) is 0 Å². The minimum atomic E-state index is -3.93. The first kappa shape index (κ1) is 22.0. The molecule has 1 N–H and O–H groups in total. The number of carbonyl (C=O) groups excluding carboxylic acids is 2. The predicted molar refractivity (Wildman–Crippen MR) is 112 cm³/mol. The molecule has 0 radical (unpaired) electrons. The van der Waals surface area contributed by atoms with E-state index in [0.717, 1.165) is 12.8 Å². The van der Waals surface area contributed by atoms with Crippen LogP contribution in [0.4, 0.5) is 0 Å². The van der Waals surface area contributed by atoms with Gasteiger partial charge in [-0.2, -0.15) is 4.31 Å². The maximum absolute atomic E-state index is 13.4. The van der Waals surface area contributed by atoms with Crippen molar-refractivity contribution in [2.75, 3.05) is 13.1 Å². The van der Waals surface area contributed by atoms with Crippen LogP contribution >= 0.6 is 0 Å². The summed E-state index contributed by atoms with van der Waals surface area (Å²) in [6.45, 7) is 4.58. The second kappa shape index (κ2) is 9.39. The van der Waals surface area contributed by atoms with Crippen molar-refractivity contribution in [1.29, 1.82) is 0 Å². The van der Waals surface area contributed by atoms with Crippen LogP contribution in [0.5, 0.6) is 0 Å². The first-order valence-corrected chi connectivity index (χ1v) is 12.2. The van der Waals surface area contributed by atoms with Crippen molar-refractivity contribution in [2.45, 2.75) is 69.7 Å². The molecule has 1 aliphatic heterocycles. The smallest absolute Gasteiger partial charge is 0.244 e. The van der Waals surface area contributed by atoms with Gasteiger partial charge in [0.2, 0.25) is 15.9 Å². The number of nitrogens with one attached hydrogen (secondary N) is 1. The van der Waals surface area contributed by atoms with E-state index >= 15 is 0 Å². The summed E-state index contributed by atoms with van der Waals surface area (Å²) in [5, 5.41) is 3.02. The third kappa shape index (κ3) is 5.07. The molecule has 7 heteroatoms. The standard InChI is InChI=1S/C22H32N2O4S/c1-16(2)14-19(22(26)23-15-17-8-4-3-5-9-17)24-13-12-20(25)18-10-6-7-11-21(18)29(24,27)28/h6-7,10-11,16-17,19H,3-5,8-9,12-15H2,1-2H3,(H,23,26)/t19-/m0/s1. The van der Waals surface area contributed by atoms with Gasteiger partial charge in [0.05, 0.1) is 4.90 Å². The van der Waals surface area contributed by atoms with E-state index in [2.05, 4.69) is 5.32 Å². The van der Waals surface area contributed by atoms with E-state index < -0.39 is 16.1 Å². The lowest BCUT2D eigenvalue weighted by Crippen LogP contribution is -2.51. The summed E-state index contributed by atoms with van der Waals surface area (Å²) in [5.74, 6) is 0.164. The zero-order valence-corrected chi connectivity index (χ0v) is 18.2. The van der Waals surface area contributed by atoms with Gasteiger partial charge in [0.15, 0.2) is 5.78 Å². The molecule has 0 spiro atoms. The summed E-state index contributed by atoms with van der Waals surface area (Å²) in [6.07, 6.45) is 6.36. The first-order chi connectivity index (χ1) is 13.8. The minimum Gasteiger partial charge on any atom is -0.354 e. The van der Waals surface area contributed by atoms with Gasteiger partial charge in [-0.3, -0.25) is 9.59 Å². The molecule has 1 aromatic rings. The van der Waals surface area contributed by atoms with Gasteiger partial charge in [0, 0.05) is 25.1 Å². The van der Waals surface area contributed by atoms with E-state index in [1.54, 1.807) is 18.2 Å². The van der Waals surface area contributed by atoms with E-state index in [1.807, 2.05) is 13.8 Å². The number of carbonyl (C=O) groups is 2. The lowest BCUT2D eigenvalue weighted by atomic mass is 9.89. The number of sulfonamides is 1. The average molecular weight is 421 g/mol. The molecule has 6 nitrogen and oxygen atoms in total. The molecule has 1 aromatic carbocycles. The van der Waals surface area contributed by atoms with Gasteiger partial charge in [-0.25, -0.2) is 8.42 Å². The SMILES string of the molecule is CC(C)C[C@@H](C(=O)NCC1CCCCC1)N1CCC(=O)c2ccccc2S1(=O)=O. The zero-order valence-electron chi connectivity index (χ0n) is 17.4. The van der Waals surface area contributed by atoms with Crippen LogP contribution in [-0.2, 0) is 14.8 Å². The van der Waals surface area contributed by atoms with Crippen molar-refractivity contribution in [3.8, 4) is 0 Å². The van der Waals surface area contributed by atoms with Gasteiger partial charge in [0.1, 0.15) is 6.04 Å². The fraction of sp³-hybridized carbons (Fsp3) is 0.636. The predicted octanol–water partition coefficient (Wildman–Crippen LogP) is 3.37. The van der Waals surface area contributed by atoms with Crippen molar-refractivity contribution >= 4 is 21.7 Å². The van der Waals surface area contributed by atoms with Crippen LogP contribution in [0.25, 0.3) is 0 Å². The number of hydrogen-bond donors (Lipinski definition) is 1. The molecular formula is C22H32N2O4S. The van der Waals surface area contributed by atoms with Crippen LogP contribution in [0.15, 0.2) is 29.2 Å². The van der Waals surface area contributed by atoms with Gasteiger partial charge < -0.3 is 5.32 Å². The number of rotatable bonds is 6. The zero-order chi connectivity index (χ0) is 21.0. The Hall–Kier alpha value is -1.73. The average Bonchev–Trinajstić information content (AvgIpc) is 2.80. The van der Waals surface area contributed by atoms with Crippen LogP contribution in [0.2, 0.25) is 0 Å². The molecule has 1 atom stereocenters. The van der Waals surface area contributed by atoms with E-state index in [9.17, 15) is 18.0 Å². The third-order valence-electron chi connectivity index (χ3n) is 5.97. The van der Waals surface area contributed by atoms with Crippen LogP contribution < -0.4 is 5.32 Å². The number of ketones is 1. The number of hydrogen-bond acceptors (Lipinski definition) is 4. The number of nitrogens with zero attached hydrogens (tertiary/aromatic N) is 1. The van der Waals surface area contributed by atoms with Crippen molar-refractivity contribution in [1.82, 2.24) is 9.62 Å². The Bertz CT molecular complexity index is 844.